The van der Waals surface area contributed by atoms with Crippen LogP contribution in [0.3, 0.4) is 0 Å². The molecule has 0 saturated heterocycles. The van der Waals surface area contributed by atoms with E-state index < -0.39 is 0 Å². The molecule has 0 heterocycles. The Morgan fingerprint density at radius 2 is 1.67 bits per heavy atom. The zero-order valence-electron chi connectivity index (χ0n) is 11.4. The number of ether oxygens (including phenoxy) is 3. The van der Waals surface area contributed by atoms with Gasteiger partial charge in [0.25, 0.3) is 0 Å². The van der Waals surface area contributed by atoms with Gasteiger partial charge in [0.1, 0.15) is 17.2 Å². The van der Waals surface area contributed by atoms with Crippen LogP contribution in [-0.4, -0.2) is 27.4 Å². The van der Waals surface area contributed by atoms with Crippen molar-refractivity contribution < 1.29 is 14.2 Å². The molecule has 1 aromatic carbocycles. The molecule has 1 fully saturated rings. The Morgan fingerprint density at radius 1 is 1.11 bits per heavy atom. The molecular weight excluding hydrogens is 230 g/mol. The summed E-state index contributed by atoms with van der Waals surface area (Å²) in [7, 11) is 4.97. The lowest BCUT2D eigenvalue weighted by Crippen LogP contribution is -2.18. The van der Waals surface area contributed by atoms with E-state index in [0.717, 1.165) is 29.2 Å². The summed E-state index contributed by atoms with van der Waals surface area (Å²) in [5, 5.41) is 0. The first-order chi connectivity index (χ1) is 8.62. The van der Waals surface area contributed by atoms with Gasteiger partial charge in [-0.05, 0) is 25.2 Å². The Hall–Kier alpha value is -1.42. The first-order valence-electron chi connectivity index (χ1n) is 6.17. The standard InChI is InChI=1S/C14H21NO3/c1-8(15)10-7-11(10)14-12(17-3)5-9(16-2)6-13(14)18-4/h5-6,8,10-11H,7,15H2,1-4H3/t8-,10-,11-/m0/s1. The monoisotopic (exact) mass is 251 g/mol. The van der Waals surface area contributed by atoms with E-state index in [2.05, 4.69) is 0 Å². The van der Waals surface area contributed by atoms with Crippen molar-refractivity contribution in [2.75, 3.05) is 21.3 Å². The maximum atomic E-state index is 5.96. The number of methoxy groups -OCH3 is 3. The third kappa shape index (κ3) is 2.25. The van der Waals surface area contributed by atoms with Crippen LogP contribution < -0.4 is 19.9 Å². The van der Waals surface area contributed by atoms with Crippen molar-refractivity contribution in [3.8, 4) is 17.2 Å². The van der Waals surface area contributed by atoms with Gasteiger partial charge in [-0.25, -0.2) is 0 Å². The van der Waals surface area contributed by atoms with Crippen molar-refractivity contribution >= 4 is 0 Å². The third-order valence-corrected chi connectivity index (χ3v) is 3.64. The summed E-state index contributed by atoms with van der Waals surface area (Å²) in [6.07, 6.45) is 1.09. The lowest BCUT2D eigenvalue weighted by molar-refractivity contribution is 0.367. The molecule has 0 spiro atoms. The van der Waals surface area contributed by atoms with Crippen molar-refractivity contribution in [3.63, 3.8) is 0 Å². The average Bonchev–Trinajstić information content (AvgIpc) is 3.17. The van der Waals surface area contributed by atoms with Crippen molar-refractivity contribution in [3.05, 3.63) is 17.7 Å². The van der Waals surface area contributed by atoms with Crippen LogP contribution in [0, 0.1) is 5.92 Å². The van der Waals surface area contributed by atoms with E-state index >= 15 is 0 Å². The van der Waals surface area contributed by atoms with E-state index in [9.17, 15) is 0 Å². The van der Waals surface area contributed by atoms with Crippen LogP contribution in [-0.2, 0) is 0 Å². The summed E-state index contributed by atoms with van der Waals surface area (Å²) in [6, 6.07) is 3.99. The van der Waals surface area contributed by atoms with E-state index in [-0.39, 0.29) is 6.04 Å². The minimum atomic E-state index is 0.200. The van der Waals surface area contributed by atoms with E-state index in [1.54, 1.807) is 21.3 Å². The molecule has 1 aliphatic carbocycles. The molecular formula is C14H21NO3. The third-order valence-electron chi connectivity index (χ3n) is 3.64. The van der Waals surface area contributed by atoms with Gasteiger partial charge in [0.2, 0.25) is 0 Å². The summed E-state index contributed by atoms with van der Waals surface area (Å²) < 4.78 is 16.2. The number of benzene rings is 1. The molecule has 2 N–H and O–H groups in total. The maximum absolute atomic E-state index is 5.96. The molecule has 0 aliphatic heterocycles. The molecule has 18 heavy (non-hydrogen) atoms. The zero-order valence-corrected chi connectivity index (χ0v) is 11.4. The van der Waals surface area contributed by atoms with Gasteiger partial charge in [-0.3, -0.25) is 0 Å². The molecule has 1 aliphatic rings. The van der Waals surface area contributed by atoms with E-state index in [1.807, 2.05) is 19.1 Å². The molecule has 3 atom stereocenters. The molecule has 0 radical (unpaired) electrons. The highest BCUT2D eigenvalue weighted by Gasteiger charge is 2.44. The first kappa shape index (κ1) is 13.0. The minimum Gasteiger partial charge on any atom is -0.496 e. The Labute approximate surface area is 108 Å². The maximum Gasteiger partial charge on any atom is 0.129 e. The zero-order chi connectivity index (χ0) is 13.3. The predicted molar refractivity (Wildman–Crippen MR) is 70.6 cm³/mol. The smallest absolute Gasteiger partial charge is 0.129 e. The SMILES string of the molecule is COc1cc(OC)c([C@H]2C[C@H]2[C@H](C)N)c(OC)c1. The summed E-state index contributed by atoms with van der Waals surface area (Å²) in [5.41, 5.74) is 7.07. The molecule has 0 unspecified atom stereocenters. The van der Waals surface area contributed by atoms with Crippen LogP contribution in [0.1, 0.15) is 24.8 Å². The molecule has 0 amide bonds. The van der Waals surface area contributed by atoms with Crippen molar-refractivity contribution in [2.24, 2.45) is 11.7 Å². The highest BCUT2D eigenvalue weighted by molar-refractivity contribution is 5.54. The quantitative estimate of drug-likeness (QED) is 0.871. The highest BCUT2D eigenvalue weighted by Crippen LogP contribution is 2.55. The van der Waals surface area contributed by atoms with E-state index in [0.29, 0.717) is 11.8 Å². The second kappa shape index (κ2) is 5.06. The molecule has 100 valence electrons. The number of rotatable bonds is 5. The van der Waals surface area contributed by atoms with Crippen LogP contribution >= 0.6 is 0 Å². The lowest BCUT2D eigenvalue weighted by Gasteiger charge is -2.15. The molecule has 0 bridgehead atoms. The van der Waals surface area contributed by atoms with Gasteiger partial charge < -0.3 is 19.9 Å². The van der Waals surface area contributed by atoms with Gasteiger partial charge in [0.05, 0.1) is 21.3 Å². The largest absolute Gasteiger partial charge is 0.496 e. The fourth-order valence-corrected chi connectivity index (χ4v) is 2.53. The fraction of sp³-hybridized carbons (Fsp3) is 0.571. The van der Waals surface area contributed by atoms with Crippen molar-refractivity contribution in [1.82, 2.24) is 0 Å². The number of hydrogen-bond donors (Lipinski definition) is 1. The number of hydrogen-bond acceptors (Lipinski definition) is 4. The van der Waals surface area contributed by atoms with Gasteiger partial charge in [-0.1, -0.05) is 0 Å². The summed E-state index contributed by atoms with van der Waals surface area (Å²) >= 11 is 0. The van der Waals surface area contributed by atoms with Gasteiger partial charge in [0, 0.05) is 23.7 Å². The summed E-state index contributed by atoms with van der Waals surface area (Å²) in [5.74, 6) is 3.33. The van der Waals surface area contributed by atoms with E-state index in [4.69, 9.17) is 19.9 Å². The van der Waals surface area contributed by atoms with Crippen LogP contribution in [0.15, 0.2) is 12.1 Å². The molecule has 2 rings (SSSR count). The Morgan fingerprint density at radius 3 is 2.00 bits per heavy atom. The van der Waals surface area contributed by atoms with Gasteiger partial charge in [0.15, 0.2) is 0 Å². The minimum absolute atomic E-state index is 0.200. The average molecular weight is 251 g/mol. The molecule has 4 heteroatoms. The second-order valence-electron chi connectivity index (χ2n) is 4.81. The second-order valence-corrected chi connectivity index (χ2v) is 4.81. The Balaban J connectivity index is 2.39. The Bertz CT molecular complexity index is 406. The summed E-state index contributed by atoms with van der Waals surface area (Å²) in [4.78, 5) is 0. The van der Waals surface area contributed by atoms with Crippen molar-refractivity contribution in [2.45, 2.75) is 25.3 Å². The highest BCUT2D eigenvalue weighted by atomic mass is 16.5. The molecule has 0 aromatic heterocycles. The fourth-order valence-electron chi connectivity index (χ4n) is 2.53. The van der Waals surface area contributed by atoms with Gasteiger partial charge in [-0.2, -0.15) is 0 Å². The number of nitrogens with two attached hydrogens (primary N) is 1. The molecule has 4 nitrogen and oxygen atoms in total. The van der Waals surface area contributed by atoms with Crippen LogP contribution in [0.2, 0.25) is 0 Å². The van der Waals surface area contributed by atoms with Crippen LogP contribution in [0.5, 0.6) is 17.2 Å². The molecule has 1 saturated carbocycles. The normalized spacial score (nSPS) is 23.4. The topological polar surface area (TPSA) is 53.7 Å². The van der Waals surface area contributed by atoms with Gasteiger partial charge >= 0.3 is 0 Å². The van der Waals surface area contributed by atoms with Gasteiger partial charge in [-0.15, -0.1) is 0 Å². The summed E-state index contributed by atoms with van der Waals surface area (Å²) in [6.45, 7) is 2.05. The van der Waals surface area contributed by atoms with E-state index in [1.165, 1.54) is 0 Å². The van der Waals surface area contributed by atoms with Crippen LogP contribution in [0.4, 0.5) is 0 Å². The Kier molecular flexibility index (Phi) is 3.66. The lowest BCUT2D eigenvalue weighted by atomic mass is 10.0. The van der Waals surface area contributed by atoms with Crippen molar-refractivity contribution in [1.29, 1.82) is 0 Å². The molecule has 1 aromatic rings. The first-order valence-corrected chi connectivity index (χ1v) is 6.17. The van der Waals surface area contributed by atoms with Crippen LogP contribution in [0.25, 0.3) is 0 Å². The predicted octanol–water partition coefficient (Wildman–Crippen LogP) is 2.16.